The molecule has 2 rings (SSSR count). The number of nitrogens with zero attached hydrogens (tertiary/aromatic N) is 3. The van der Waals surface area contributed by atoms with Crippen LogP contribution < -0.4 is 4.90 Å². The summed E-state index contributed by atoms with van der Waals surface area (Å²) >= 11 is 0. The average Bonchev–Trinajstić information content (AvgIpc) is 2.47. The molecule has 0 radical (unpaired) electrons. The maximum atomic E-state index is 11.1. The van der Waals surface area contributed by atoms with Gasteiger partial charge < -0.3 is 14.4 Å². The second-order valence-electron chi connectivity index (χ2n) is 4.47. The van der Waals surface area contributed by atoms with Crippen LogP contribution >= 0.6 is 0 Å². The Morgan fingerprint density at radius 3 is 3.10 bits per heavy atom. The van der Waals surface area contributed by atoms with Crippen LogP contribution in [0.1, 0.15) is 5.56 Å². The largest absolute Gasteiger partial charge is 0.382 e. The van der Waals surface area contributed by atoms with Crippen molar-refractivity contribution in [2.24, 2.45) is 0 Å². The van der Waals surface area contributed by atoms with E-state index in [4.69, 9.17) is 14.7 Å². The zero-order chi connectivity index (χ0) is 14.5. The van der Waals surface area contributed by atoms with Crippen LogP contribution in [0, 0.1) is 21.4 Å². The van der Waals surface area contributed by atoms with Gasteiger partial charge in [-0.15, -0.1) is 0 Å². The van der Waals surface area contributed by atoms with Gasteiger partial charge in [0.2, 0.25) is 0 Å². The lowest BCUT2D eigenvalue weighted by Crippen LogP contribution is -2.44. The molecule has 1 heterocycles. The molecule has 1 fully saturated rings. The van der Waals surface area contributed by atoms with Crippen molar-refractivity contribution < 1.29 is 14.4 Å². The predicted molar refractivity (Wildman–Crippen MR) is 71.6 cm³/mol. The van der Waals surface area contributed by atoms with E-state index in [1.165, 1.54) is 12.1 Å². The van der Waals surface area contributed by atoms with Crippen molar-refractivity contribution in [2.75, 3.05) is 38.3 Å². The SMILES string of the molecule is COC[C@H]1CN(c2cc(C#N)ccc2[N+](=O)[O-])CCO1. The third-order valence-electron chi connectivity index (χ3n) is 3.13. The van der Waals surface area contributed by atoms with E-state index < -0.39 is 4.92 Å². The number of hydrogen-bond acceptors (Lipinski definition) is 6. The summed E-state index contributed by atoms with van der Waals surface area (Å²) in [7, 11) is 1.58. The van der Waals surface area contributed by atoms with Crippen LogP contribution in [-0.2, 0) is 9.47 Å². The Hall–Kier alpha value is -2.17. The van der Waals surface area contributed by atoms with Crippen LogP contribution in [0.15, 0.2) is 18.2 Å². The lowest BCUT2D eigenvalue weighted by molar-refractivity contribution is -0.384. The fraction of sp³-hybridized carbons (Fsp3) is 0.462. The summed E-state index contributed by atoms with van der Waals surface area (Å²) in [6.45, 7) is 1.96. The van der Waals surface area contributed by atoms with E-state index in [1.807, 2.05) is 11.0 Å². The Bertz CT molecular complexity index is 539. The van der Waals surface area contributed by atoms with Gasteiger partial charge in [0.05, 0.1) is 35.9 Å². The first-order valence-corrected chi connectivity index (χ1v) is 6.19. The highest BCUT2D eigenvalue weighted by atomic mass is 16.6. The molecule has 0 unspecified atom stereocenters. The third kappa shape index (κ3) is 3.04. The van der Waals surface area contributed by atoms with Crippen LogP contribution in [0.2, 0.25) is 0 Å². The van der Waals surface area contributed by atoms with E-state index in [2.05, 4.69) is 0 Å². The van der Waals surface area contributed by atoms with Crippen molar-refractivity contribution in [3.63, 3.8) is 0 Å². The van der Waals surface area contributed by atoms with E-state index in [9.17, 15) is 10.1 Å². The summed E-state index contributed by atoms with van der Waals surface area (Å²) in [5.74, 6) is 0. The smallest absolute Gasteiger partial charge is 0.292 e. The number of anilines is 1. The van der Waals surface area contributed by atoms with Crippen molar-refractivity contribution in [3.05, 3.63) is 33.9 Å². The van der Waals surface area contributed by atoms with Gasteiger partial charge in [-0.05, 0) is 12.1 Å². The molecule has 1 saturated heterocycles. The molecule has 0 saturated carbocycles. The molecule has 20 heavy (non-hydrogen) atoms. The standard InChI is InChI=1S/C13H15N3O4/c1-19-9-11-8-15(4-5-20-11)13-6-10(7-14)2-3-12(13)16(17)18/h2-3,6,11H,4-5,8-9H2,1H3/t11-/m1/s1. The second kappa shape index (κ2) is 6.32. The summed E-state index contributed by atoms with van der Waals surface area (Å²) < 4.78 is 10.6. The Kier molecular flexibility index (Phi) is 4.50. The molecule has 1 atom stereocenters. The fourth-order valence-electron chi connectivity index (χ4n) is 2.23. The number of rotatable bonds is 4. The molecular weight excluding hydrogens is 262 g/mol. The Balaban J connectivity index is 2.30. The summed E-state index contributed by atoms with van der Waals surface area (Å²) in [4.78, 5) is 12.5. The molecule has 0 amide bonds. The first kappa shape index (κ1) is 14.2. The first-order valence-electron chi connectivity index (χ1n) is 6.19. The van der Waals surface area contributed by atoms with Gasteiger partial charge in [-0.3, -0.25) is 10.1 Å². The zero-order valence-corrected chi connectivity index (χ0v) is 11.1. The molecule has 1 aromatic carbocycles. The Morgan fingerprint density at radius 2 is 2.45 bits per heavy atom. The lowest BCUT2D eigenvalue weighted by atomic mass is 10.1. The first-order chi connectivity index (χ1) is 9.65. The Morgan fingerprint density at radius 1 is 1.65 bits per heavy atom. The van der Waals surface area contributed by atoms with E-state index in [0.29, 0.717) is 37.6 Å². The molecule has 7 heteroatoms. The van der Waals surface area contributed by atoms with E-state index in [-0.39, 0.29) is 11.8 Å². The van der Waals surface area contributed by atoms with Gasteiger partial charge in [0, 0.05) is 26.3 Å². The minimum absolute atomic E-state index is 0.00191. The van der Waals surface area contributed by atoms with Crippen LogP contribution in [-0.4, -0.2) is 44.4 Å². The number of nitro groups is 1. The van der Waals surface area contributed by atoms with Crippen molar-refractivity contribution in [1.29, 1.82) is 5.26 Å². The summed E-state index contributed by atoms with van der Waals surface area (Å²) in [6, 6.07) is 6.38. The van der Waals surface area contributed by atoms with Gasteiger partial charge in [0.15, 0.2) is 0 Å². The van der Waals surface area contributed by atoms with Gasteiger partial charge in [0.1, 0.15) is 5.69 Å². The summed E-state index contributed by atoms with van der Waals surface area (Å²) in [5.41, 5.74) is 0.862. The minimum atomic E-state index is -0.433. The number of ether oxygens (including phenoxy) is 2. The summed E-state index contributed by atoms with van der Waals surface area (Å²) in [6.07, 6.45) is -0.126. The van der Waals surface area contributed by atoms with Gasteiger partial charge >= 0.3 is 0 Å². The van der Waals surface area contributed by atoms with Crippen LogP contribution in [0.4, 0.5) is 11.4 Å². The highest BCUT2D eigenvalue weighted by Crippen LogP contribution is 2.30. The topological polar surface area (TPSA) is 88.6 Å². The number of nitriles is 1. The van der Waals surface area contributed by atoms with Gasteiger partial charge in [-0.2, -0.15) is 5.26 Å². The molecule has 0 spiro atoms. The second-order valence-corrected chi connectivity index (χ2v) is 4.47. The molecule has 1 aromatic rings. The van der Waals surface area contributed by atoms with E-state index >= 15 is 0 Å². The molecule has 0 aliphatic carbocycles. The lowest BCUT2D eigenvalue weighted by Gasteiger charge is -2.33. The van der Waals surface area contributed by atoms with E-state index in [0.717, 1.165) is 0 Å². The molecule has 1 aliphatic heterocycles. The van der Waals surface area contributed by atoms with Gasteiger partial charge in [-0.1, -0.05) is 0 Å². The van der Waals surface area contributed by atoms with Crippen molar-refractivity contribution in [2.45, 2.75) is 6.10 Å². The van der Waals surface area contributed by atoms with Crippen LogP contribution in [0.5, 0.6) is 0 Å². The number of methoxy groups -OCH3 is 1. The van der Waals surface area contributed by atoms with Crippen LogP contribution in [0.3, 0.4) is 0 Å². The number of morpholine rings is 1. The average molecular weight is 277 g/mol. The number of hydrogen-bond donors (Lipinski definition) is 0. The number of nitro benzene ring substituents is 1. The quantitative estimate of drug-likeness (QED) is 0.609. The number of benzene rings is 1. The predicted octanol–water partition coefficient (Wildman–Crippen LogP) is 1.32. The molecule has 106 valence electrons. The molecule has 0 bridgehead atoms. The molecule has 0 aromatic heterocycles. The summed E-state index contributed by atoms with van der Waals surface area (Å²) in [5, 5.41) is 20.1. The highest BCUT2D eigenvalue weighted by Gasteiger charge is 2.26. The maximum Gasteiger partial charge on any atom is 0.292 e. The van der Waals surface area contributed by atoms with Gasteiger partial charge in [0.25, 0.3) is 5.69 Å². The van der Waals surface area contributed by atoms with Gasteiger partial charge in [-0.25, -0.2) is 0 Å². The van der Waals surface area contributed by atoms with Crippen LogP contribution in [0.25, 0.3) is 0 Å². The molecule has 1 aliphatic rings. The molecule has 7 nitrogen and oxygen atoms in total. The Labute approximate surface area is 116 Å². The third-order valence-corrected chi connectivity index (χ3v) is 3.13. The van der Waals surface area contributed by atoms with Crippen molar-refractivity contribution in [3.8, 4) is 6.07 Å². The van der Waals surface area contributed by atoms with Crippen molar-refractivity contribution in [1.82, 2.24) is 0 Å². The highest BCUT2D eigenvalue weighted by molar-refractivity contribution is 5.66. The minimum Gasteiger partial charge on any atom is -0.382 e. The zero-order valence-electron chi connectivity index (χ0n) is 11.1. The van der Waals surface area contributed by atoms with E-state index in [1.54, 1.807) is 13.2 Å². The maximum absolute atomic E-state index is 11.1. The molecule has 0 N–H and O–H groups in total. The monoisotopic (exact) mass is 277 g/mol. The normalized spacial score (nSPS) is 18.6. The van der Waals surface area contributed by atoms with Crippen molar-refractivity contribution >= 4 is 11.4 Å². The fourth-order valence-corrected chi connectivity index (χ4v) is 2.23. The molecular formula is C13H15N3O4.